The van der Waals surface area contributed by atoms with Crippen LogP contribution in [0.15, 0.2) is 42.7 Å². The van der Waals surface area contributed by atoms with E-state index in [4.69, 9.17) is 11.6 Å². The summed E-state index contributed by atoms with van der Waals surface area (Å²) in [5, 5.41) is 12.6. The number of hydrogen-bond donors (Lipinski definition) is 2. The third-order valence-electron chi connectivity index (χ3n) is 2.43. The predicted octanol–water partition coefficient (Wildman–Crippen LogP) is 2.79. The quantitative estimate of drug-likeness (QED) is 0.916. The van der Waals surface area contributed by atoms with Crippen LogP contribution in [0.3, 0.4) is 0 Å². The number of carbonyl (C=O) groups is 1. The van der Waals surface area contributed by atoms with Crippen LogP contribution >= 0.6 is 24.0 Å². The maximum absolute atomic E-state index is 11.7. The normalized spacial score (nSPS) is 9.53. The van der Waals surface area contributed by atoms with E-state index in [9.17, 15) is 9.90 Å². The van der Waals surface area contributed by atoms with Crippen molar-refractivity contribution in [2.24, 2.45) is 0 Å². The highest BCUT2D eigenvalue weighted by Gasteiger charge is 2.08. The minimum atomic E-state index is -0.248. The van der Waals surface area contributed by atoms with E-state index in [1.807, 2.05) is 0 Å². The van der Waals surface area contributed by atoms with Gasteiger partial charge in [-0.25, -0.2) is 0 Å². The molecule has 0 bridgehead atoms. The molecule has 1 aromatic carbocycles. The minimum absolute atomic E-state index is 0. The van der Waals surface area contributed by atoms with Crippen LogP contribution in [-0.2, 0) is 6.54 Å². The third-order valence-corrected chi connectivity index (χ3v) is 2.74. The van der Waals surface area contributed by atoms with E-state index in [2.05, 4.69) is 10.3 Å². The molecule has 2 aromatic rings. The summed E-state index contributed by atoms with van der Waals surface area (Å²) < 4.78 is 0. The lowest BCUT2D eigenvalue weighted by atomic mass is 10.2. The molecule has 6 heteroatoms. The molecule has 0 unspecified atom stereocenters. The van der Waals surface area contributed by atoms with Crippen LogP contribution in [0.4, 0.5) is 0 Å². The highest BCUT2D eigenvalue weighted by molar-refractivity contribution is 6.32. The Morgan fingerprint density at radius 3 is 2.79 bits per heavy atom. The van der Waals surface area contributed by atoms with E-state index in [1.54, 1.807) is 36.5 Å². The first-order valence-electron chi connectivity index (χ1n) is 5.33. The van der Waals surface area contributed by atoms with Crippen LogP contribution in [-0.4, -0.2) is 16.0 Å². The summed E-state index contributed by atoms with van der Waals surface area (Å²) in [5.74, 6) is -0.256. The number of hydrogen-bond acceptors (Lipinski definition) is 3. The first-order valence-corrected chi connectivity index (χ1v) is 5.71. The van der Waals surface area contributed by atoms with Crippen molar-refractivity contribution in [1.29, 1.82) is 0 Å². The number of nitrogens with zero attached hydrogens (tertiary/aromatic N) is 1. The number of phenols is 1. The molecule has 0 saturated heterocycles. The summed E-state index contributed by atoms with van der Waals surface area (Å²) in [6.07, 6.45) is 3.08. The van der Waals surface area contributed by atoms with Crippen molar-refractivity contribution in [1.82, 2.24) is 10.3 Å². The van der Waals surface area contributed by atoms with E-state index < -0.39 is 0 Å². The van der Waals surface area contributed by atoms with Crippen molar-refractivity contribution < 1.29 is 9.90 Å². The Morgan fingerprint density at radius 2 is 2.11 bits per heavy atom. The molecular formula is C13H12Cl2N2O2. The van der Waals surface area contributed by atoms with E-state index in [0.717, 1.165) is 0 Å². The fourth-order valence-corrected chi connectivity index (χ4v) is 1.67. The van der Waals surface area contributed by atoms with Crippen LogP contribution in [0.5, 0.6) is 5.75 Å². The van der Waals surface area contributed by atoms with Crippen LogP contribution in [0.25, 0.3) is 0 Å². The first kappa shape index (κ1) is 15.3. The van der Waals surface area contributed by atoms with Crippen molar-refractivity contribution in [3.63, 3.8) is 0 Å². The molecule has 0 radical (unpaired) electrons. The summed E-state index contributed by atoms with van der Waals surface area (Å²) >= 11 is 5.77. The number of phenolic OH excluding ortho intramolecular Hbond substituents is 1. The molecule has 0 saturated carbocycles. The Balaban J connectivity index is 0.00000180. The molecule has 0 spiro atoms. The molecule has 0 aliphatic carbocycles. The SMILES string of the molecule is Cl.O=C(NCc1cccc(Cl)c1O)c1cccnc1. The Hall–Kier alpha value is -1.78. The number of benzene rings is 1. The average molecular weight is 299 g/mol. The van der Waals surface area contributed by atoms with Gasteiger partial charge in [0.25, 0.3) is 5.91 Å². The fraction of sp³-hybridized carbons (Fsp3) is 0.0769. The van der Waals surface area contributed by atoms with Gasteiger partial charge in [0.05, 0.1) is 10.6 Å². The molecule has 4 nitrogen and oxygen atoms in total. The van der Waals surface area contributed by atoms with Crippen LogP contribution < -0.4 is 5.32 Å². The van der Waals surface area contributed by atoms with Crippen molar-refractivity contribution in [3.8, 4) is 5.75 Å². The predicted molar refractivity (Wildman–Crippen MR) is 75.8 cm³/mol. The molecule has 1 aromatic heterocycles. The van der Waals surface area contributed by atoms with Crippen LogP contribution in [0, 0.1) is 0 Å². The van der Waals surface area contributed by atoms with Gasteiger partial charge in [0.2, 0.25) is 0 Å². The lowest BCUT2D eigenvalue weighted by Crippen LogP contribution is -2.22. The molecule has 100 valence electrons. The average Bonchev–Trinajstić information content (AvgIpc) is 2.41. The molecular weight excluding hydrogens is 287 g/mol. The second-order valence-electron chi connectivity index (χ2n) is 3.67. The van der Waals surface area contributed by atoms with Gasteiger partial charge >= 0.3 is 0 Å². The maximum atomic E-state index is 11.7. The molecule has 0 aliphatic rings. The Morgan fingerprint density at radius 1 is 1.32 bits per heavy atom. The third kappa shape index (κ3) is 3.84. The van der Waals surface area contributed by atoms with Crippen molar-refractivity contribution in [3.05, 3.63) is 58.9 Å². The van der Waals surface area contributed by atoms with Gasteiger partial charge in [0.1, 0.15) is 5.75 Å². The van der Waals surface area contributed by atoms with Crippen molar-refractivity contribution in [2.75, 3.05) is 0 Å². The molecule has 2 N–H and O–H groups in total. The van der Waals surface area contributed by atoms with Crippen LogP contribution in [0.2, 0.25) is 5.02 Å². The Bertz CT molecular complexity index is 562. The standard InChI is InChI=1S/C13H11ClN2O2.ClH/c14-11-5-1-3-9(12(11)17)8-16-13(18)10-4-2-6-15-7-10;/h1-7,17H,8H2,(H,16,18);1H. The smallest absolute Gasteiger partial charge is 0.253 e. The van der Waals surface area contributed by atoms with Gasteiger partial charge in [-0.2, -0.15) is 0 Å². The number of aromatic hydroxyl groups is 1. The van der Waals surface area contributed by atoms with Gasteiger partial charge in [-0.1, -0.05) is 23.7 Å². The van der Waals surface area contributed by atoms with Gasteiger partial charge in [-0.05, 0) is 18.2 Å². The van der Waals surface area contributed by atoms with Gasteiger partial charge < -0.3 is 10.4 Å². The number of halogens is 2. The molecule has 1 heterocycles. The molecule has 1 amide bonds. The number of nitrogens with one attached hydrogen (secondary N) is 1. The number of para-hydroxylation sites is 1. The van der Waals surface area contributed by atoms with Gasteiger partial charge in [0, 0.05) is 24.5 Å². The number of carbonyl (C=O) groups excluding carboxylic acids is 1. The number of aromatic nitrogens is 1. The molecule has 0 fully saturated rings. The molecule has 0 aliphatic heterocycles. The summed E-state index contributed by atoms with van der Waals surface area (Å²) in [5.41, 5.74) is 1.04. The lowest BCUT2D eigenvalue weighted by molar-refractivity contribution is 0.0950. The molecule has 19 heavy (non-hydrogen) atoms. The highest BCUT2D eigenvalue weighted by atomic mass is 35.5. The lowest BCUT2D eigenvalue weighted by Gasteiger charge is -2.07. The Labute approximate surface area is 121 Å². The Kier molecular flexibility index (Phi) is 5.60. The maximum Gasteiger partial charge on any atom is 0.253 e. The first-order chi connectivity index (χ1) is 8.68. The van der Waals surface area contributed by atoms with Crippen LogP contribution in [0.1, 0.15) is 15.9 Å². The van der Waals surface area contributed by atoms with Crippen molar-refractivity contribution in [2.45, 2.75) is 6.54 Å². The minimum Gasteiger partial charge on any atom is -0.506 e. The monoisotopic (exact) mass is 298 g/mol. The van der Waals surface area contributed by atoms with E-state index in [-0.39, 0.29) is 35.6 Å². The van der Waals surface area contributed by atoms with Crippen molar-refractivity contribution >= 4 is 29.9 Å². The van der Waals surface area contributed by atoms with Gasteiger partial charge in [0.15, 0.2) is 0 Å². The summed E-state index contributed by atoms with van der Waals surface area (Å²) in [6, 6.07) is 8.35. The summed E-state index contributed by atoms with van der Waals surface area (Å²) in [4.78, 5) is 15.6. The molecule has 2 rings (SSSR count). The van der Waals surface area contributed by atoms with E-state index in [1.165, 1.54) is 6.20 Å². The second kappa shape index (κ2) is 6.97. The highest BCUT2D eigenvalue weighted by Crippen LogP contribution is 2.26. The topological polar surface area (TPSA) is 62.2 Å². The van der Waals surface area contributed by atoms with E-state index in [0.29, 0.717) is 11.1 Å². The van der Waals surface area contributed by atoms with E-state index >= 15 is 0 Å². The number of pyridine rings is 1. The summed E-state index contributed by atoms with van der Waals surface area (Å²) in [7, 11) is 0. The van der Waals surface area contributed by atoms with Gasteiger partial charge in [-0.15, -0.1) is 12.4 Å². The summed E-state index contributed by atoms with van der Waals surface area (Å²) in [6.45, 7) is 0.208. The van der Waals surface area contributed by atoms with Gasteiger partial charge in [-0.3, -0.25) is 9.78 Å². The molecule has 0 atom stereocenters. The second-order valence-corrected chi connectivity index (χ2v) is 4.08. The number of amides is 1. The number of rotatable bonds is 3. The zero-order chi connectivity index (χ0) is 13.0. The largest absolute Gasteiger partial charge is 0.506 e. The fourth-order valence-electron chi connectivity index (χ4n) is 1.48. The zero-order valence-electron chi connectivity index (χ0n) is 9.84. The zero-order valence-corrected chi connectivity index (χ0v) is 11.4.